The van der Waals surface area contributed by atoms with Crippen molar-refractivity contribution in [3.05, 3.63) is 66.0 Å². The highest BCUT2D eigenvalue weighted by molar-refractivity contribution is 6.27. The molecule has 0 radical (unpaired) electrons. The summed E-state index contributed by atoms with van der Waals surface area (Å²) >= 11 is 0. The Kier molecular flexibility index (Phi) is 6.56. The van der Waals surface area contributed by atoms with E-state index in [1.54, 1.807) is 6.20 Å². The molecule has 21 heavy (non-hydrogen) atoms. The predicted octanol–water partition coefficient (Wildman–Crippen LogP) is 1.48. The molecule has 2 aromatic rings. The van der Waals surface area contributed by atoms with Crippen LogP contribution in [0.1, 0.15) is 17.2 Å². The highest BCUT2D eigenvalue weighted by atomic mass is 16.4. The Bertz CT molecular complexity index is 561. The van der Waals surface area contributed by atoms with Crippen molar-refractivity contribution in [3.8, 4) is 0 Å². The number of aliphatic carboxylic acids is 2. The Labute approximate surface area is 121 Å². The first-order chi connectivity index (χ1) is 10.0. The van der Waals surface area contributed by atoms with E-state index in [2.05, 4.69) is 23.2 Å². The summed E-state index contributed by atoms with van der Waals surface area (Å²) in [7, 11) is 0. The molecule has 1 unspecified atom stereocenters. The average molecular weight is 288 g/mol. The van der Waals surface area contributed by atoms with Gasteiger partial charge in [-0.1, -0.05) is 36.4 Å². The van der Waals surface area contributed by atoms with Crippen LogP contribution < -0.4 is 5.73 Å². The van der Waals surface area contributed by atoms with E-state index in [1.165, 1.54) is 11.1 Å². The first kappa shape index (κ1) is 16.3. The summed E-state index contributed by atoms with van der Waals surface area (Å²) in [5.41, 5.74) is 8.44. The zero-order chi connectivity index (χ0) is 15.7. The van der Waals surface area contributed by atoms with Crippen molar-refractivity contribution in [2.45, 2.75) is 12.5 Å². The van der Waals surface area contributed by atoms with Crippen LogP contribution in [0.25, 0.3) is 0 Å². The van der Waals surface area contributed by atoms with Crippen LogP contribution in [0.5, 0.6) is 0 Å². The minimum absolute atomic E-state index is 0.0513. The molecule has 6 nitrogen and oxygen atoms in total. The van der Waals surface area contributed by atoms with Crippen molar-refractivity contribution in [2.75, 3.05) is 0 Å². The molecule has 1 atom stereocenters. The number of aromatic nitrogens is 1. The smallest absolute Gasteiger partial charge is 0.414 e. The number of rotatable bonds is 3. The van der Waals surface area contributed by atoms with Crippen LogP contribution in [0, 0.1) is 0 Å². The van der Waals surface area contributed by atoms with E-state index in [1.807, 2.05) is 30.5 Å². The molecule has 1 aromatic carbocycles. The molecule has 0 spiro atoms. The largest absolute Gasteiger partial charge is 0.473 e. The number of nitrogens with two attached hydrogens (primary N) is 1. The number of carboxylic acid groups (broad SMARTS) is 2. The zero-order valence-electron chi connectivity index (χ0n) is 11.2. The Balaban J connectivity index is 0.000000315. The van der Waals surface area contributed by atoms with Gasteiger partial charge in [0.2, 0.25) is 0 Å². The SMILES string of the molecule is NC(Cc1cccnc1)c1ccccc1.O=C(O)C(=O)O. The van der Waals surface area contributed by atoms with Crippen LogP contribution >= 0.6 is 0 Å². The summed E-state index contributed by atoms with van der Waals surface area (Å²) in [5.74, 6) is -3.65. The highest BCUT2D eigenvalue weighted by Crippen LogP contribution is 2.14. The van der Waals surface area contributed by atoms with Crippen LogP contribution in [0.3, 0.4) is 0 Å². The van der Waals surface area contributed by atoms with Crippen molar-refractivity contribution >= 4 is 11.9 Å². The van der Waals surface area contributed by atoms with Gasteiger partial charge >= 0.3 is 11.9 Å². The van der Waals surface area contributed by atoms with Gasteiger partial charge in [0.1, 0.15) is 0 Å². The molecule has 0 aliphatic carbocycles. The molecule has 6 heteroatoms. The van der Waals surface area contributed by atoms with Crippen LogP contribution in [0.4, 0.5) is 0 Å². The maximum absolute atomic E-state index is 9.10. The molecular formula is C15H16N2O4. The maximum atomic E-state index is 9.10. The van der Waals surface area contributed by atoms with Crippen molar-refractivity contribution in [3.63, 3.8) is 0 Å². The standard InChI is InChI=1S/C13H14N2.C2H2O4/c14-13(12-6-2-1-3-7-12)9-11-5-4-8-15-10-11;3-1(4)2(5)6/h1-8,10,13H,9,14H2;(H,3,4)(H,5,6). The van der Waals surface area contributed by atoms with Gasteiger partial charge in [-0.25, -0.2) is 9.59 Å². The van der Waals surface area contributed by atoms with Crippen LogP contribution in [0.2, 0.25) is 0 Å². The fourth-order valence-electron chi connectivity index (χ4n) is 1.59. The molecule has 0 aliphatic heterocycles. The van der Waals surface area contributed by atoms with Gasteiger partial charge in [0.05, 0.1) is 0 Å². The molecule has 1 aromatic heterocycles. The zero-order valence-corrected chi connectivity index (χ0v) is 11.2. The van der Waals surface area contributed by atoms with E-state index in [0.29, 0.717) is 0 Å². The summed E-state index contributed by atoms with van der Waals surface area (Å²) < 4.78 is 0. The van der Waals surface area contributed by atoms with Crippen LogP contribution in [0.15, 0.2) is 54.9 Å². The number of hydrogen-bond acceptors (Lipinski definition) is 4. The fourth-order valence-corrected chi connectivity index (χ4v) is 1.59. The molecule has 0 aliphatic rings. The van der Waals surface area contributed by atoms with Gasteiger partial charge in [-0.05, 0) is 23.6 Å². The van der Waals surface area contributed by atoms with Gasteiger partial charge in [0.25, 0.3) is 0 Å². The second kappa shape index (κ2) is 8.44. The quantitative estimate of drug-likeness (QED) is 0.737. The predicted molar refractivity (Wildman–Crippen MR) is 76.6 cm³/mol. The van der Waals surface area contributed by atoms with E-state index < -0.39 is 11.9 Å². The summed E-state index contributed by atoms with van der Waals surface area (Å²) in [6, 6.07) is 14.2. The van der Waals surface area contributed by atoms with Gasteiger partial charge in [-0.2, -0.15) is 0 Å². The highest BCUT2D eigenvalue weighted by Gasteiger charge is 2.05. The first-order valence-corrected chi connectivity index (χ1v) is 6.16. The monoisotopic (exact) mass is 288 g/mol. The second-order valence-electron chi connectivity index (χ2n) is 4.19. The molecule has 0 saturated carbocycles. The second-order valence-corrected chi connectivity index (χ2v) is 4.19. The molecule has 110 valence electrons. The van der Waals surface area contributed by atoms with Crippen molar-refractivity contribution < 1.29 is 19.8 Å². The maximum Gasteiger partial charge on any atom is 0.414 e. The third kappa shape index (κ3) is 6.31. The van der Waals surface area contributed by atoms with E-state index in [9.17, 15) is 0 Å². The lowest BCUT2D eigenvalue weighted by molar-refractivity contribution is -0.159. The summed E-state index contributed by atoms with van der Waals surface area (Å²) in [6.07, 6.45) is 4.47. The Morgan fingerprint density at radius 3 is 2.14 bits per heavy atom. The van der Waals surface area contributed by atoms with Gasteiger partial charge in [0, 0.05) is 18.4 Å². The van der Waals surface area contributed by atoms with Gasteiger partial charge in [-0.15, -0.1) is 0 Å². The van der Waals surface area contributed by atoms with Gasteiger partial charge < -0.3 is 15.9 Å². The number of benzene rings is 1. The van der Waals surface area contributed by atoms with Gasteiger partial charge in [-0.3, -0.25) is 4.98 Å². The third-order valence-corrected chi connectivity index (χ3v) is 2.59. The molecule has 0 saturated heterocycles. The fraction of sp³-hybridized carbons (Fsp3) is 0.133. The molecule has 2 rings (SSSR count). The van der Waals surface area contributed by atoms with E-state index in [-0.39, 0.29) is 6.04 Å². The molecule has 0 amide bonds. The molecule has 4 N–H and O–H groups in total. The number of carbonyl (C=O) groups is 2. The number of pyridine rings is 1. The molecule has 1 heterocycles. The number of carboxylic acids is 2. The van der Waals surface area contributed by atoms with Gasteiger partial charge in [0.15, 0.2) is 0 Å². The molecule has 0 bridgehead atoms. The number of nitrogens with zero attached hydrogens (tertiary/aromatic N) is 1. The number of hydrogen-bond donors (Lipinski definition) is 3. The van der Waals surface area contributed by atoms with E-state index in [0.717, 1.165) is 6.42 Å². The lowest BCUT2D eigenvalue weighted by atomic mass is 10.0. The summed E-state index contributed by atoms with van der Waals surface area (Å²) in [4.78, 5) is 22.3. The van der Waals surface area contributed by atoms with Crippen molar-refractivity contribution in [2.24, 2.45) is 5.73 Å². The Hall–Kier alpha value is -2.73. The molecular weight excluding hydrogens is 272 g/mol. The Morgan fingerprint density at radius 2 is 1.67 bits per heavy atom. The normalized spacial score (nSPS) is 10.9. The summed E-state index contributed by atoms with van der Waals surface area (Å²) in [5, 5.41) is 14.8. The lowest BCUT2D eigenvalue weighted by Gasteiger charge is -2.11. The van der Waals surface area contributed by atoms with E-state index in [4.69, 9.17) is 25.5 Å². The van der Waals surface area contributed by atoms with Crippen LogP contribution in [-0.4, -0.2) is 27.1 Å². The lowest BCUT2D eigenvalue weighted by Crippen LogP contribution is -2.13. The average Bonchev–Trinajstić information content (AvgIpc) is 2.49. The third-order valence-electron chi connectivity index (χ3n) is 2.59. The van der Waals surface area contributed by atoms with E-state index >= 15 is 0 Å². The molecule has 0 fully saturated rings. The minimum atomic E-state index is -1.82. The topological polar surface area (TPSA) is 114 Å². The summed E-state index contributed by atoms with van der Waals surface area (Å²) in [6.45, 7) is 0. The Morgan fingerprint density at radius 1 is 1.05 bits per heavy atom. The van der Waals surface area contributed by atoms with Crippen molar-refractivity contribution in [1.82, 2.24) is 4.98 Å². The first-order valence-electron chi connectivity index (χ1n) is 6.16. The van der Waals surface area contributed by atoms with Crippen molar-refractivity contribution in [1.29, 1.82) is 0 Å². The van der Waals surface area contributed by atoms with Crippen LogP contribution in [-0.2, 0) is 16.0 Å². The minimum Gasteiger partial charge on any atom is -0.473 e.